The van der Waals surface area contributed by atoms with Gasteiger partial charge in [0.2, 0.25) is 0 Å². The van der Waals surface area contributed by atoms with E-state index in [9.17, 15) is 15.5 Å². The molecule has 0 unspecified atom stereocenters. The van der Waals surface area contributed by atoms with E-state index in [1.165, 1.54) is 18.2 Å². The molecule has 0 aliphatic rings. The number of fused-ring (bicyclic) bond motifs is 1. The Morgan fingerprint density at radius 3 is 2.33 bits per heavy atom. The molecule has 1 N–H and O–H groups in total. The average molecular weight is 206 g/mol. The van der Waals surface area contributed by atoms with Crippen LogP contribution < -0.4 is 9.46 Å². The van der Waals surface area contributed by atoms with E-state index in [0.29, 0.717) is 20.8 Å². The molecule has 1 aromatic carbocycles. The first kappa shape index (κ1) is 9.51. The normalized spacial score (nSPS) is 10.8. The summed E-state index contributed by atoms with van der Waals surface area (Å²) in [6.45, 7) is 3.11. The first-order valence-electron chi connectivity index (χ1n) is 4.48. The van der Waals surface area contributed by atoms with Gasteiger partial charge in [0.1, 0.15) is 0 Å². The van der Waals surface area contributed by atoms with E-state index in [-0.39, 0.29) is 16.8 Å². The maximum atomic E-state index is 11.7. The highest BCUT2D eigenvalue weighted by Crippen LogP contribution is 2.18. The molecule has 0 saturated carbocycles. The molecule has 0 radical (unpaired) electrons. The number of hydrogen-bond acceptors (Lipinski definition) is 3. The van der Waals surface area contributed by atoms with Crippen LogP contribution in [-0.2, 0) is 0 Å². The van der Waals surface area contributed by atoms with Crippen LogP contribution in [0.15, 0.2) is 18.2 Å². The molecule has 78 valence electrons. The van der Waals surface area contributed by atoms with Crippen molar-refractivity contribution in [2.45, 2.75) is 13.8 Å². The van der Waals surface area contributed by atoms with Crippen molar-refractivity contribution in [1.82, 2.24) is 0 Å². The zero-order valence-electron chi connectivity index (χ0n) is 8.39. The van der Waals surface area contributed by atoms with Crippen LogP contribution in [0.1, 0.15) is 11.4 Å². The summed E-state index contributed by atoms with van der Waals surface area (Å²) in [4.78, 5) is 0. The Balaban J connectivity index is 3.08. The lowest BCUT2D eigenvalue weighted by Crippen LogP contribution is -2.43. The zero-order chi connectivity index (χ0) is 11.2. The lowest BCUT2D eigenvalue weighted by atomic mass is 10.2. The Bertz CT molecular complexity index is 552. The maximum absolute atomic E-state index is 11.7. The Morgan fingerprint density at radius 2 is 1.67 bits per heavy atom. The van der Waals surface area contributed by atoms with Gasteiger partial charge >= 0.3 is 5.52 Å². The van der Waals surface area contributed by atoms with Crippen LogP contribution in [0.3, 0.4) is 0 Å². The van der Waals surface area contributed by atoms with Crippen molar-refractivity contribution < 1.29 is 14.6 Å². The summed E-state index contributed by atoms with van der Waals surface area (Å²) >= 11 is 0. The molecule has 2 aromatic rings. The first-order chi connectivity index (χ1) is 7.04. The van der Waals surface area contributed by atoms with Gasteiger partial charge in [-0.3, -0.25) is 0 Å². The molecular weight excluding hydrogens is 196 g/mol. The molecule has 0 bridgehead atoms. The third-order valence-corrected chi connectivity index (χ3v) is 2.55. The van der Waals surface area contributed by atoms with Crippen molar-refractivity contribution in [1.29, 1.82) is 0 Å². The van der Waals surface area contributed by atoms with E-state index in [1.54, 1.807) is 13.8 Å². The minimum absolute atomic E-state index is 0.00981. The van der Waals surface area contributed by atoms with Gasteiger partial charge in [-0.2, -0.15) is 9.46 Å². The molecule has 1 heterocycles. The number of benzene rings is 1. The summed E-state index contributed by atoms with van der Waals surface area (Å²) in [5.41, 5.74) is 0.811. The van der Waals surface area contributed by atoms with Crippen molar-refractivity contribution in [2.24, 2.45) is 0 Å². The highest BCUT2D eigenvalue weighted by atomic mass is 16.5. The van der Waals surface area contributed by atoms with Gasteiger partial charge in [0, 0.05) is 19.9 Å². The topological polar surface area (TPSA) is 74.1 Å². The van der Waals surface area contributed by atoms with E-state index in [2.05, 4.69) is 0 Å². The Labute approximate surface area is 86.0 Å². The van der Waals surface area contributed by atoms with Crippen LogP contribution in [0.5, 0.6) is 5.75 Å². The fourth-order valence-electron chi connectivity index (χ4n) is 1.53. The SMILES string of the molecule is Cc1c(C)[n+]([O-])c2c(O)cccc2[n+]1[O-]. The lowest BCUT2D eigenvalue weighted by molar-refractivity contribution is -0.638. The number of hydrogen-bond donors (Lipinski definition) is 1. The third-order valence-electron chi connectivity index (χ3n) is 2.55. The van der Waals surface area contributed by atoms with E-state index in [4.69, 9.17) is 0 Å². The summed E-state index contributed by atoms with van der Waals surface area (Å²) in [5.74, 6) is -0.185. The van der Waals surface area contributed by atoms with E-state index in [0.717, 1.165) is 0 Å². The van der Waals surface area contributed by atoms with Gasteiger partial charge in [-0.05, 0) is 6.07 Å². The predicted molar refractivity (Wildman–Crippen MR) is 53.0 cm³/mol. The monoisotopic (exact) mass is 206 g/mol. The molecule has 0 aliphatic carbocycles. The lowest BCUT2D eigenvalue weighted by Gasteiger charge is -2.09. The quantitative estimate of drug-likeness (QED) is 0.501. The molecule has 0 saturated heterocycles. The summed E-state index contributed by atoms with van der Waals surface area (Å²) in [5, 5.41) is 33.0. The number of rotatable bonds is 0. The van der Waals surface area contributed by atoms with Crippen LogP contribution in [0.25, 0.3) is 11.0 Å². The van der Waals surface area contributed by atoms with Crippen LogP contribution >= 0.6 is 0 Å². The summed E-state index contributed by atoms with van der Waals surface area (Å²) in [6, 6.07) is 4.41. The average Bonchev–Trinajstić information content (AvgIpc) is 2.23. The Morgan fingerprint density at radius 1 is 1.07 bits per heavy atom. The van der Waals surface area contributed by atoms with Gasteiger partial charge in [-0.25, -0.2) is 0 Å². The molecular formula is C10H10N2O3. The molecule has 5 heteroatoms. The van der Waals surface area contributed by atoms with Gasteiger partial charge in [-0.1, -0.05) is 6.07 Å². The second-order valence-electron chi connectivity index (χ2n) is 3.40. The van der Waals surface area contributed by atoms with E-state index in [1.807, 2.05) is 0 Å². The number of phenolic OH excluding ortho intramolecular Hbond substituents is 1. The number of aromatic hydroxyl groups is 1. The molecule has 0 atom stereocenters. The summed E-state index contributed by atoms with van der Waals surface area (Å²) in [6.07, 6.45) is 0. The molecule has 15 heavy (non-hydrogen) atoms. The number of aromatic nitrogens is 2. The minimum Gasteiger partial charge on any atom is -0.618 e. The highest BCUT2D eigenvalue weighted by Gasteiger charge is 2.23. The Hall–Kier alpha value is -2.04. The maximum Gasteiger partial charge on any atom is 0.332 e. The van der Waals surface area contributed by atoms with Crippen LogP contribution in [0, 0.1) is 24.3 Å². The molecule has 5 nitrogen and oxygen atoms in total. The highest BCUT2D eigenvalue weighted by molar-refractivity contribution is 5.74. The number of phenols is 1. The fraction of sp³-hybridized carbons (Fsp3) is 0.200. The standard InChI is InChI=1S/C10H10N2O3/c1-6-7(2)12(15)10-8(11(6)14)4-3-5-9(10)13/h3-5,13H,1-2H3. The van der Waals surface area contributed by atoms with Crippen molar-refractivity contribution >= 4 is 11.0 Å². The minimum atomic E-state index is -0.185. The Kier molecular flexibility index (Phi) is 1.89. The van der Waals surface area contributed by atoms with Crippen molar-refractivity contribution in [3.05, 3.63) is 40.0 Å². The molecule has 2 rings (SSSR count). The van der Waals surface area contributed by atoms with Gasteiger partial charge in [0.25, 0.3) is 16.9 Å². The van der Waals surface area contributed by atoms with Crippen molar-refractivity contribution in [3.63, 3.8) is 0 Å². The molecule has 0 aliphatic heterocycles. The number of nitrogens with zero attached hydrogens (tertiary/aromatic N) is 2. The van der Waals surface area contributed by atoms with Crippen LogP contribution in [0.2, 0.25) is 0 Å². The van der Waals surface area contributed by atoms with Gasteiger partial charge < -0.3 is 15.5 Å². The largest absolute Gasteiger partial charge is 0.618 e. The van der Waals surface area contributed by atoms with Crippen molar-refractivity contribution in [2.75, 3.05) is 0 Å². The molecule has 0 amide bonds. The third kappa shape index (κ3) is 1.16. The van der Waals surface area contributed by atoms with Gasteiger partial charge in [0.15, 0.2) is 5.75 Å². The summed E-state index contributed by atoms with van der Waals surface area (Å²) in [7, 11) is 0. The number of para-hydroxylation sites is 1. The second kappa shape index (κ2) is 2.98. The van der Waals surface area contributed by atoms with Crippen LogP contribution in [-0.4, -0.2) is 5.11 Å². The van der Waals surface area contributed by atoms with Gasteiger partial charge in [0.05, 0.1) is 0 Å². The predicted octanol–water partition coefficient (Wildman–Crippen LogP) is 0.429. The fourth-order valence-corrected chi connectivity index (χ4v) is 1.53. The van der Waals surface area contributed by atoms with E-state index >= 15 is 0 Å². The zero-order valence-corrected chi connectivity index (χ0v) is 8.39. The van der Waals surface area contributed by atoms with Crippen LogP contribution in [0.4, 0.5) is 0 Å². The molecule has 1 aromatic heterocycles. The first-order valence-corrected chi connectivity index (χ1v) is 4.48. The van der Waals surface area contributed by atoms with Gasteiger partial charge in [-0.15, -0.1) is 0 Å². The molecule has 0 fully saturated rings. The second-order valence-corrected chi connectivity index (χ2v) is 3.40. The summed E-state index contributed by atoms with van der Waals surface area (Å²) < 4.78 is 1.23. The van der Waals surface area contributed by atoms with E-state index < -0.39 is 0 Å². The molecule has 0 spiro atoms. The van der Waals surface area contributed by atoms with Crippen molar-refractivity contribution in [3.8, 4) is 5.75 Å². The smallest absolute Gasteiger partial charge is 0.332 e.